The lowest BCUT2D eigenvalue weighted by atomic mass is 10.2. The first-order valence-electron chi connectivity index (χ1n) is 4.36. The van der Waals surface area contributed by atoms with Gasteiger partial charge >= 0.3 is 6.18 Å². The van der Waals surface area contributed by atoms with Crippen molar-refractivity contribution < 1.29 is 21.6 Å². The van der Waals surface area contributed by atoms with Gasteiger partial charge in [0.15, 0.2) is 9.84 Å². The molecule has 0 fully saturated rings. The normalized spacial score (nSPS) is 11.7. The van der Waals surface area contributed by atoms with Crippen LogP contribution in [0.25, 0.3) is 0 Å². The highest BCUT2D eigenvalue weighted by Crippen LogP contribution is 2.29. The Morgan fingerprint density at radius 2 is 1.67 bits per heavy atom. The van der Waals surface area contributed by atoms with Crippen molar-refractivity contribution >= 4 is 28.1 Å². The first kappa shape index (κ1) is 16.7. The third kappa shape index (κ3) is 4.19. The molecule has 0 amide bonds. The molecule has 3 N–H and O–H groups in total. The molecule has 0 unspecified atom stereocenters. The van der Waals surface area contributed by atoms with Crippen LogP contribution in [0.3, 0.4) is 0 Å². The summed E-state index contributed by atoms with van der Waals surface area (Å²) >= 11 is 0. The smallest absolute Gasteiger partial charge is 0.387 e. The first-order chi connectivity index (χ1) is 7.63. The van der Waals surface area contributed by atoms with Crippen LogP contribution in [0.15, 0.2) is 29.2 Å². The fourth-order valence-corrected chi connectivity index (χ4v) is 2.27. The van der Waals surface area contributed by atoms with Crippen LogP contribution in [0.2, 0.25) is 0 Å². The Morgan fingerprint density at radius 1 is 1.22 bits per heavy atom. The topological polar surface area (TPSA) is 84.0 Å². The lowest BCUT2D eigenvalue weighted by molar-refractivity contribution is -0.137. The molecule has 9 heteroatoms. The van der Waals surface area contributed by atoms with Crippen LogP contribution >= 0.6 is 12.4 Å². The van der Waals surface area contributed by atoms with Gasteiger partial charge in [-0.05, 0) is 24.3 Å². The van der Waals surface area contributed by atoms with Gasteiger partial charge in [-0.25, -0.2) is 8.42 Å². The maximum Gasteiger partial charge on any atom is 0.416 e. The molecule has 18 heavy (non-hydrogen) atoms. The van der Waals surface area contributed by atoms with Crippen molar-refractivity contribution in [2.75, 3.05) is 5.75 Å². The molecule has 0 aliphatic heterocycles. The largest absolute Gasteiger partial charge is 0.416 e. The highest BCUT2D eigenvalue weighted by molar-refractivity contribution is 7.92. The molecular weight excluding hydrogens is 293 g/mol. The van der Waals surface area contributed by atoms with Gasteiger partial charge in [0, 0.05) is 0 Å². The lowest BCUT2D eigenvalue weighted by Crippen LogP contribution is -2.22. The van der Waals surface area contributed by atoms with Crippen LogP contribution in [0.4, 0.5) is 13.2 Å². The minimum Gasteiger partial charge on any atom is -0.387 e. The number of halogens is 4. The number of hydrogen-bond acceptors (Lipinski definition) is 3. The van der Waals surface area contributed by atoms with Crippen molar-refractivity contribution in [3.63, 3.8) is 0 Å². The summed E-state index contributed by atoms with van der Waals surface area (Å²) in [5.41, 5.74) is 4.01. The standard InChI is InChI=1S/C9H9F3N2O2S.ClH/c10-9(11,12)6-1-3-7(4-2-6)17(15,16)5-8(13)14;/h1-4H,5H2,(H3,13,14);1H. The van der Waals surface area contributed by atoms with E-state index in [1.807, 2.05) is 0 Å². The number of sulfone groups is 1. The molecule has 0 saturated carbocycles. The number of rotatable bonds is 3. The second-order valence-corrected chi connectivity index (χ2v) is 5.30. The van der Waals surface area contributed by atoms with Crippen molar-refractivity contribution in [1.82, 2.24) is 0 Å². The Labute approximate surface area is 108 Å². The van der Waals surface area contributed by atoms with E-state index in [9.17, 15) is 21.6 Å². The van der Waals surface area contributed by atoms with Crippen molar-refractivity contribution in [1.29, 1.82) is 5.41 Å². The molecule has 0 aliphatic carbocycles. The van der Waals surface area contributed by atoms with E-state index in [0.29, 0.717) is 12.1 Å². The van der Waals surface area contributed by atoms with Gasteiger partial charge in [0.05, 0.1) is 10.5 Å². The molecular formula is C9H10ClF3N2O2S. The van der Waals surface area contributed by atoms with E-state index in [-0.39, 0.29) is 17.3 Å². The molecule has 0 aliphatic rings. The van der Waals surface area contributed by atoms with Gasteiger partial charge in [-0.1, -0.05) is 0 Å². The molecule has 102 valence electrons. The summed E-state index contributed by atoms with van der Waals surface area (Å²) in [6.45, 7) is 0. The monoisotopic (exact) mass is 302 g/mol. The highest BCUT2D eigenvalue weighted by Gasteiger charge is 2.30. The van der Waals surface area contributed by atoms with E-state index in [0.717, 1.165) is 12.1 Å². The zero-order chi connectivity index (χ0) is 13.3. The second-order valence-electron chi connectivity index (χ2n) is 3.31. The van der Waals surface area contributed by atoms with Crippen LogP contribution in [0.1, 0.15) is 5.56 Å². The summed E-state index contributed by atoms with van der Waals surface area (Å²) in [6, 6.07) is 3.04. The van der Waals surface area contributed by atoms with Gasteiger partial charge in [0.25, 0.3) is 0 Å². The van der Waals surface area contributed by atoms with Crippen LogP contribution in [0.5, 0.6) is 0 Å². The van der Waals surface area contributed by atoms with Crippen LogP contribution in [0, 0.1) is 5.41 Å². The summed E-state index contributed by atoms with van der Waals surface area (Å²) < 4.78 is 59.7. The third-order valence-corrected chi connectivity index (χ3v) is 3.57. The zero-order valence-corrected chi connectivity index (χ0v) is 10.5. The fraction of sp³-hybridized carbons (Fsp3) is 0.222. The number of amidine groups is 1. The van der Waals surface area contributed by atoms with Crippen LogP contribution < -0.4 is 5.73 Å². The Morgan fingerprint density at radius 3 is 2.00 bits per heavy atom. The quantitative estimate of drug-likeness (QED) is 0.660. The Kier molecular flexibility index (Phi) is 5.18. The van der Waals surface area contributed by atoms with Crippen molar-refractivity contribution in [2.24, 2.45) is 5.73 Å². The maximum atomic E-state index is 12.2. The number of nitrogens with one attached hydrogen (secondary N) is 1. The molecule has 0 radical (unpaired) electrons. The Balaban J connectivity index is 0.00000289. The molecule has 1 rings (SSSR count). The van der Waals surface area contributed by atoms with Gasteiger partial charge in [0.1, 0.15) is 11.6 Å². The predicted molar refractivity (Wildman–Crippen MR) is 62.7 cm³/mol. The SMILES string of the molecule is Cl.N=C(N)CS(=O)(=O)c1ccc(C(F)(F)F)cc1. The van der Waals surface area contributed by atoms with E-state index in [1.165, 1.54) is 0 Å². The minimum absolute atomic E-state index is 0. The summed E-state index contributed by atoms with van der Waals surface area (Å²) in [6.07, 6.45) is -4.51. The average Bonchev–Trinajstić information content (AvgIpc) is 2.14. The fourth-order valence-electron chi connectivity index (χ4n) is 1.14. The average molecular weight is 303 g/mol. The van der Waals surface area contributed by atoms with Crippen LogP contribution in [-0.2, 0) is 16.0 Å². The molecule has 0 bridgehead atoms. The summed E-state index contributed by atoms with van der Waals surface area (Å²) in [5.74, 6) is -1.27. The van der Waals surface area contributed by atoms with Gasteiger partial charge in [-0.2, -0.15) is 13.2 Å². The van der Waals surface area contributed by atoms with Gasteiger partial charge in [-0.3, -0.25) is 5.41 Å². The highest BCUT2D eigenvalue weighted by atomic mass is 35.5. The lowest BCUT2D eigenvalue weighted by Gasteiger charge is -2.07. The van der Waals surface area contributed by atoms with E-state index in [4.69, 9.17) is 11.1 Å². The summed E-state index contributed by atoms with van der Waals surface area (Å²) in [5, 5.41) is 6.86. The summed E-state index contributed by atoms with van der Waals surface area (Å²) in [7, 11) is -3.84. The number of hydrogen-bond donors (Lipinski definition) is 2. The van der Waals surface area contributed by atoms with Crippen LogP contribution in [-0.4, -0.2) is 20.0 Å². The van der Waals surface area contributed by atoms with Crippen molar-refractivity contribution in [2.45, 2.75) is 11.1 Å². The molecule has 1 aromatic carbocycles. The maximum absolute atomic E-state index is 12.2. The summed E-state index contributed by atoms with van der Waals surface area (Å²) in [4.78, 5) is -0.291. The number of benzene rings is 1. The molecule has 0 spiro atoms. The second kappa shape index (κ2) is 5.57. The van der Waals surface area contributed by atoms with E-state index in [2.05, 4.69) is 0 Å². The Bertz CT molecular complexity index is 526. The number of alkyl halides is 3. The van der Waals surface area contributed by atoms with Gasteiger partial charge in [-0.15, -0.1) is 12.4 Å². The molecule has 1 aromatic rings. The van der Waals surface area contributed by atoms with E-state index in [1.54, 1.807) is 0 Å². The molecule has 0 atom stereocenters. The molecule has 0 aromatic heterocycles. The Hall–Kier alpha value is -1.28. The minimum atomic E-state index is -4.51. The molecule has 0 heterocycles. The number of nitrogens with two attached hydrogens (primary N) is 1. The first-order valence-corrected chi connectivity index (χ1v) is 6.01. The van der Waals surface area contributed by atoms with Gasteiger partial charge < -0.3 is 5.73 Å². The van der Waals surface area contributed by atoms with E-state index >= 15 is 0 Å². The third-order valence-electron chi connectivity index (χ3n) is 1.89. The zero-order valence-electron chi connectivity index (χ0n) is 8.86. The van der Waals surface area contributed by atoms with E-state index < -0.39 is 33.2 Å². The van der Waals surface area contributed by atoms with Crippen molar-refractivity contribution in [3.8, 4) is 0 Å². The van der Waals surface area contributed by atoms with Crippen molar-refractivity contribution in [3.05, 3.63) is 29.8 Å². The van der Waals surface area contributed by atoms with Gasteiger partial charge in [0.2, 0.25) is 0 Å². The molecule has 4 nitrogen and oxygen atoms in total. The molecule has 0 saturated heterocycles. The predicted octanol–water partition coefficient (Wildman–Crippen LogP) is 1.84.